The molecule has 0 saturated carbocycles. The van der Waals surface area contributed by atoms with Crippen LogP contribution in [0.5, 0.6) is 0 Å². The summed E-state index contributed by atoms with van der Waals surface area (Å²) in [6, 6.07) is 3.85. The molecule has 0 bridgehead atoms. The molecule has 112 valence electrons. The van der Waals surface area contributed by atoms with E-state index in [0.717, 1.165) is 12.1 Å². The van der Waals surface area contributed by atoms with Crippen LogP contribution < -0.4 is 10.9 Å². The van der Waals surface area contributed by atoms with Crippen molar-refractivity contribution < 1.29 is 0 Å². The van der Waals surface area contributed by atoms with Gasteiger partial charge in [0.05, 0.1) is 18.4 Å². The third kappa shape index (κ3) is 4.37. The summed E-state index contributed by atoms with van der Waals surface area (Å²) in [6.45, 7) is 1.92. The average Bonchev–Trinajstić information content (AvgIpc) is 2.48. The highest BCUT2D eigenvalue weighted by Crippen LogP contribution is 2.16. The molecule has 0 atom stereocenters. The summed E-state index contributed by atoms with van der Waals surface area (Å²) in [5.41, 5.74) is 1.60. The molecule has 2 aromatic heterocycles. The number of nitrogens with one attached hydrogen (secondary N) is 1. The monoisotopic (exact) mass is 351 g/mol. The highest BCUT2D eigenvalue weighted by atomic mass is 79.9. The molecular formula is C14H18BrN5O. The van der Waals surface area contributed by atoms with E-state index in [1.807, 2.05) is 31.1 Å². The molecule has 2 heterocycles. The van der Waals surface area contributed by atoms with E-state index in [2.05, 4.69) is 31.3 Å². The van der Waals surface area contributed by atoms with Crippen LogP contribution in [0.25, 0.3) is 0 Å². The number of rotatable bonds is 6. The Morgan fingerprint density at radius 3 is 2.86 bits per heavy atom. The summed E-state index contributed by atoms with van der Waals surface area (Å²) in [6.07, 6.45) is 5.18. The van der Waals surface area contributed by atoms with Crippen LogP contribution in [0.1, 0.15) is 5.56 Å². The van der Waals surface area contributed by atoms with Crippen molar-refractivity contribution in [3.8, 4) is 0 Å². The standard InChI is InChI=1S/C14H18BrN5O/c1-19(2)6-7-20-14(21)13(15)12(10-18-20)17-9-11-4-3-5-16-8-11/h3-5,8,10,17H,6-7,9H2,1-2H3. The summed E-state index contributed by atoms with van der Waals surface area (Å²) in [5.74, 6) is 0. The maximum absolute atomic E-state index is 12.2. The number of halogens is 1. The Morgan fingerprint density at radius 2 is 2.19 bits per heavy atom. The van der Waals surface area contributed by atoms with Crippen LogP contribution in [0, 0.1) is 0 Å². The normalized spacial score (nSPS) is 10.9. The van der Waals surface area contributed by atoms with Crippen LogP contribution >= 0.6 is 15.9 Å². The maximum atomic E-state index is 12.2. The molecule has 0 spiro atoms. The fourth-order valence-corrected chi connectivity index (χ4v) is 2.19. The lowest BCUT2D eigenvalue weighted by Gasteiger charge is -2.12. The van der Waals surface area contributed by atoms with Crippen LogP contribution in [0.15, 0.2) is 40.0 Å². The van der Waals surface area contributed by atoms with Crippen molar-refractivity contribution in [2.75, 3.05) is 26.0 Å². The second-order valence-electron chi connectivity index (χ2n) is 4.92. The first-order valence-electron chi connectivity index (χ1n) is 6.61. The lowest BCUT2D eigenvalue weighted by atomic mass is 10.3. The van der Waals surface area contributed by atoms with Gasteiger partial charge in [-0.3, -0.25) is 9.78 Å². The van der Waals surface area contributed by atoms with Gasteiger partial charge < -0.3 is 10.2 Å². The van der Waals surface area contributed by atoms with Gasteiger partial charge in [-0.2, -0.15) is 5.10 Å². The van der Waals surface area contributed by atoms with Crippen LogP contribution in [0.2, 0.25) is 0 Å². The first-order valence-corrected chi connectivity index (χ1v) is 7.40. The molecule has 0 aliphatic heterocycles. The van der Waals surface area contributed by atoms with Gasteiger partial charge in [-0.25, -0.2) is 4.68 Å². The average molecular weight is 352 g/mol. The molecule has 0 amide bonds. The molecular weight excluding hydrogens is 334 g/mol. The molecule has 0 aliphatic rings. The molecule has 2 rings (SSSR count). The van der Waals surface area contributed by atoms with E-state index in [4.69, 9.17) is 0 Å². The van der Waals surface area contributed by atoms with Crippen LogP contribution in [0.3, 0.4) is 0 Å². The zero-order valence-electron chi connectivity index (χ0n) is 12.1. The number of nitrogens with zero attached hydrogens (tertiary/aromatic N) is 4. The van der Waals surface area contributed by atoms with Crippen molar-refractivity contribution in [1.29, 1.82) is 0 Å². The highest BCUT2D eigenvalue weighted by Gasteiger charge is 2.08. The molecule has 21 heavy (non-hydrogen) atoms. The second kappa shape index (κ2) is 7.33. The Labute approximate surface area is 131 Å². The minimum Gasteiger partial charge on any atom is -0.379 e. The smallest absolute Gasteiger partial charge is 0.283 e. The first-order chi connectivity index (χ1) is 10.1. The minimum absolute atomic E-state index is 0.131. The molecule has 1 N–H and O–H groups in total. The molecule has 0 unspecified atom stereocenters. The topological polar surface area (TPSA) is 63.1 Å². The largest absolute Gasteiger partial charge is 0.379 e. The molecule has 2 aromatic rings. The number of aromatic nitrogens is 3. The van der Waals surface area contributed by atoms with E-state index >= 15 is 0 Å². The van der Waals surface area contributed by atoms with Gasteiger partial charge in [0.25, 0.3) is 5.56 Å². The summed E-state index contributed by atoms with van der Waals surface area (Å²) < 4.78 is 1.96. The predicted molar refractivity (Wildman–Crippen MR) is 86.3 cm³/mol. The third-order valence-electron chi connectivity index (χ3n) is 2.95. The molecule has 0 fully saturated rings. The number of likely N-dealkylation sites (N-methyl/N-ethyl adjacent to an activating group) is 1. The lowest BCUT2D eigenvalue weighted by molar-refractivity contribution is 0.367. The third-order valence-corrected chi connectivity index (χ3v) is 3.72. The number of anilines is 1. The molecule has 0 radical (unpaired) electrons. The Hall–Kier alpha value is -1.73. The Kier molecular flexibility index (Phi) is 5.46. The first kappa shape index (κ1) is 15.7. The Balaban J connectivity index is 2.08. The summed E-state index contributed by atoms with van der Waals surface area (Å²) >= 11 is 3.35. The van der Waals surface area contributed by atoms with Gasteiger partial charge in [-0.1, -0.05) is 6.07 Å². The van der Waals surface area contributed by atoms with Crippen molar-refractivity contribution in [2.45, 2.75) is 13.1 Å². The van der Waals surface area contributed by atoms with Gasteiger partial charge in [-0.15, -0.1) is 0 Å². The number of hydrogen-bond acceptors (Lipinski definition) is 5. The van der Waals surface area contributed by atoms with Crippen molar-refractivity contribution >= 4 is 21.6 Å². The van der Waals surface area contributed by atoms with E-state index in [9.17, 15) is 4.79 Å². The van der Waals surface area contributed by atoms with Gasteiger partial charge in [0.2, 0.25) is 0 Å². The Morgan fingerprint density at radius 1 is 1.38 bits per heavy atom. The van der Waals surface area contributed by atoms with Crippen molar-refractivity contribution in [3.63, 3.8) is 0 Å². The minimum atomic E-state index is -0.131. The molecule has 7 heteroatoms. The number of hydrogen-bond donors (Lipinski definition) is 1. The SMILES string of the molecule is CN(C)CCn1ncc(NCc2cccnc2)c(Br)c1=O. The zero-order valence-corrected chi connectivity index (χ0v) is 13.7. The van der Waals surface area contributed by atoms with E-state index in [-0.39, 0.29) is 5.56 Å². The maximum Gasteiger partial charge on any atom is 0.283 e. The van der Waals surface area contributed by atoms with Crippen molar-refractivity contribution in [1.82, 2.24) is 19.7 Å². The van der Waals surface area contributed by atoms with Gasteiger partial charge in [0.15, 0.2) is 0 Å². The molecule has 0 aromatic carbocycles. The Bertz CT molecular complexity index is 642. The lowest BCUT2D eigenvalue weighted by Crippen LogP contribution is -2.29. The van der Waals surface area contributed by atoms with Crippen molar-refractivity contribution in [3.05, 3.63) is 51.1 Å². The number of pyridine rings is 1. The molecule has 0 saturated heterocycles. The summed E-state index contributed by atoms with van der Waals surface area (Å²) in [7, 11) is 3.92. The summed E-state index contributed by atoms with van der Waals surface area (Å²) in [4.78, 5) is 18.3. The van der Waals surface area contributed by atoms with Gasteiger partial charge >= 0.3 is 0 Å². The van der Waals surface area contributed by atoms with Crippen LogP contribution in [-0.2, 0) is 13.1 Å². The fraction of sp³-hybridized carbons (Fsp3) is 0.357. The quantitative estimate of drug-likeness (QED) is 0.855. The van der Waals surface area contributed by atoms with E-state index in [1.54, 1.807) is 18.6 Å². The zero-order chi connectivity index (χ0) is 15.2. The fourth-order valence-electron chi connectivity index (χ4n) is 1.74. The van der Waals surface area contributed by atoms with E-state index in [0.29, 0.717) is 23.2 Å². The van der Waals surface area contributed by atoms with E-state index < -0.39 is 0 Å². The van der Waals surface area contributed by atoms with Gasteiger partial charge in [0.1, 0.15) is 4.47 Å². The van der Waals surface area contributed by atoms with Crippen LogP contribution in [-0.4, -0.2) is 40.3 Å². The van der Waals surface area contributed by atoms with Gasteiger partial charge in [0, 0.05) is 25.5 Å². The molecule has 6 nitrogen and oxygen atoms in total. The van der Waals surface area contributed by atoms with Gasteiger partial charge in [-0.05, 0) is 41.7 Å². The van der Waals surface area contributed by atoms with E-state index in [1.165, 1.54) is 4.68 Å². The second-order valence-corrected chi connectivity index (χ2v) is 5.71. The highest BCUT2D eigenvalue weighted by molar-refractivity contribution is 9.10. The van der Waals surface area contributed by atoms with Crippen LogP contribution in [0.4, 0.5) is 5.69 Å². The predicted octanol–water partition coefficient (Wildman–Crippen LogP) is 1.57. The van der Waals surface area contributed by atoms with Crippen molar-refractivity contribution in [2.24, 2.45) is 0 Å². The molecule has 0 aliphatic carbocycles. The summed E-state index contributed by atoms with van der Waals surface area (Å²) in [5, 5.41) is 7.38.